The lowest BCUT2D eigenvalue weighted by Gasteiger charge is -2.20. The van der Waals surface area contributed by atoms with Gasteiger partial charge in [-0.2, -0.15) is 17.6 Å². The van der Waals surface area contributed by atoms with E-state index in [-0.39, 0.29) is 11.4 Å². The third kappa shape index (κ3) is 10.9. The molecule has 2 N–H and O–H groups in total. The summed E-state index contributed by atoms with van der Waals surface area (Å²) in [6.07, 6.45) is -9.01. The van der Waals surface area contributed by atoms with E-state index in [1.54, 1.807) is 48.5 Å². The van der Waals surface area contributed by atoms with Gasteiger partial charge in [0, 0.05) is 5.69 Å². The predicted octanol–water partition coefficient (Wildman–Crippen LogP) is 9.16. The first-order valence-electron chi connectivity index (χ1n) is 15.5. The Morgan fingerprint density at radius 3 is 1.41 bits per heavy atom. The minimum atomic E-state index is -4.86. The summed E-state index contributed by atoms with van der Waals surface area (Å²) in [6.45, 7) is 2.90. The molecule has 9 nitrogen and oxygen atoms in total. The third-order valence-corrected chi connectivity index (χ3v) is 6.94. The molecule has 0 aromatic heterocycles. The van der Waals surface area contributed by atoms with Crippen molar-refractivity contribution in [3.8, 4) is 40.2 Å². The van der Waals surface area contributed by atoms with E-state index in [2.05, 4.69) is 15.4 Å². The number of amides is 2. The third-order valence-electron chi connectivity index (χ3n) is 6.94. The number of carbonyl (C=O) groups is 2. The van der Waals surface area contributed by atoms with Crippen LogP contribution < -0.4 is 34.3 Å². The Bertz CT molecular complexity index is 1920. The number of carbonyl (C=O) groups excluding carboxylic acids is 2. The standard InChI is InChI=1S/C38H32F4N2O7/c1-24-3-8-29(9-4-24)49-31-16-12-27(13-17-31)47-22-35(45)43-26-7-20-34(51-38(41,42)37(39)40)33(21-26)44-36(46)23-48-28-14-18-32(19-15-28)50-30-10-5-25(2)6-11-30/h3-21,37H,22-23H2,1-2H3,(H,43,45)(H,44,46). The first kappa shape index (κ1) is 36.1. The topological polar surface area (TPSA) is 104 Å². The van der Waals surface area contributed by atoms with Gasteiger partial charge in [0.05, 0.1) is 5.69 Å². The second kappa shape index (κ2) is 16.4. The molecule has 5 aromatic carbocycles. The number of ether oxygens (including phenoxy) is 5. The maximum Gasteiger partial charge on any atom is 0.461 e. The lowest BCUT2D eigenvalue weighted by atomic mass is 10.2. The van der Waals surface area contributed by atoms with Crippen molar-refractivity contribution >= 4 is 23.2 Å². The number of hydrogen-bond donors (Lipinski definition) is 2. The molecule has 0 aliphatic rings. The zero-order chi connectivity index (χ0) is 36.4. The van der Waals surface area contributed by atoms with Gasteiger partial charge in [-0.05, 0) is 105 Å². The molecule has 0 aliphatic heterocycles. The highest BCUT2D eigenvalue weighted by Gasteiger charge is 2.44. The Kier molecular flexibility index (Phi) is 11.6. The van der Waals surface area contributed by atoms with Gasteiger partial charge in [0.25, 0.3) is 11.8 Å². The van der Waals surface area contributed by atoms with E-state index < -0.39 is 49.0 Å². The van der Waals surface area contributed by atoms with Crippen molar-refractivity contribution < 1.29 is 50.8 Å². The average Bonchev–Trinajstić information content (AvgIpc) is 3.10. The normalized spacial score (nSPS) is 11.0. The largest absolute Gasteiger partial charge is 0.484 e. The summed E-state index contributed by atoms with van der Waals surface area (Å²) in [6, 6.07) is 31.0. The van der Waals surface area contributed by atoms with E-state index in [1.807, 2.05) is 62.4 Å². The van der Waals surface area contributed by atoms with Gasteiger partial charge in [0.1, 0.15) is 40.2 Å². The van der Waals surface area contributed by atoms with E-state index in [0.29, 0.717) is 28.7 Å². The van der Waals surface area contributed by atoms with Crippen LogP contribution in [-0.4, -0.2) is 37.6 Å². The van der Waals surface area contributed by atoms with Crippen molar-refractivity contribution in [1.29, 1.82) is 0 Å². The zero-order valence-electron chi connectivity index (χ0n) is 27.3. The maximum atomic E-state index is 13.8. The molecule has 264 valence electrons. The van der Waals surface area contributed by atoms with Crippen LogP contribution in [0.2, 0.25) is 0 Å². The molecule has 0 unspecified atom stereocenters. The van der Waals surface area contributed by atoms with Crippen LogP contribution >= 0.6 is 0 Å². The van der Waals surface area contributed by atoms with Crippen molar-refractivity contribution in [2.75, 3.05) is 23.8 Å². The quantitative estimate of drug-likeness (QED) is 0.105. The number of aryl methyl sites for hydroxylation is 2. The van der Waals surface area contributed by atoms with E-state index in [1.165, 1.54) is 0 Å². The second-order valence-electron chi connectivity index (χ2n) is 11.1. The summed E-state index contributed by atoms with van der Waals surface area (Å²) in [5, 5.41) is 4.80. The van der Waals surface area contributed by atoms with Gasteiger partial charge in [-0.1, -0.05) is 35.4 Å². The molecule has 0 fully saturated rings. The molecule has 0 heterocycles. The van der Waals surface area contributed by atoms with Gasteiger partial charge in [-0.15, -0.1) is 0 Å². The monoisotopic (exact) mass is 704 g/mol. The summed E-state index contributed by atoms with van der Waals surface area (Å²) < 4.78 is 80.2. The summed E-state index contributed by atoms with van der Waals surface area (Å²) in [4.78, 5) is 25.4. The van der Waals surface area contributed by atoms with Crippen LogP contribution in [0.1, 0.15) is 11.1 Å². The first-order valence-corrected chi connectivity index (χ1v) is 15.5. The Balaban J connectivity index is 1.17. The van der Waals surface area contributed by atoms with Gasteiger partial charge in [-0.3, -0.25) is 9.59 Å². The molecule has 0 bridgehead atoms. The molecule has 0 radical (unpaired) electrons. The molecular formula is C38H32F4N2O7. The number of alkyl halides is 4. The molecule has 0 saturated heterocycles. The van der Waals surface area contributed by atoms with Crippen molar-refractivity contribution in [1.82, 2.24) is 0 Å². The van der Waals surface area contributed by atoms with Crippen LogP contribution in [-0.2, 0) is 9.59 Å². The number of rotatable bonds is 15. The van der Waals surface area contributed by atoms with Gasteiger partial charge in [0.2, 0.25) is 0 Å². The molecule has 0 atom stereocenters. The fourth-order valence-corrected chi connectivity index (χ4v) is 4.36. The van der Waals surface area contributed by atoms with Crippen LogP contribution in [0.4, 0.5) is 28.9 Å². The molecule has 51 heavy (non-hydrogen) atoms. The molecular weight excluding hydrogens is 672 g/mol. The number of nitrogens with one attached hydrogen (secondary N) is 2. The van der Waals surface area contributed by atoms with E-state index in [4.69, 9.17) is 18.9 Å². The summed E-state index contributed by atoms with van der Waals surface area (Å²) >= 11 is 0. The first-order chi connectivity index (χ1) is 24.4. The zero-order valence-corrected chi connectivity index (χ0v) is 27.3. The van der Waals surface area contributed by atoms with Crippen LogP contribution in [0.5, 0.6) is 40.2 Å². The number of hydrogen-bond acceptors (Lipinski definition) is 7. The van der Waals surface area contributed by atoms with Gasteiger partial charge in [-0.25, -0.2) is 0 Å². The molecule has 5 rings (SSSR count). The number of halogens is 4. The number of anilines is 2. The average molecular weight is 705 g/mol. The van der Waals surface area contributed by atoms with Crippen molar-refractivity contribution in [3.63, 3.8) is 0 Å². The Morgan fingerprint density at radius 1 is 0.588 bits per heavy atom. The highest BCUT2D eigenvalue weighted by atomic mass is 19.3. The smallest absolute Gasteiger partial charge is 0.461 e. The van der Waals surface area contributed by atoms with Crippen molar-refractivity contribution in [2.24, 2.45) is 0 Å². The predicted molar refractivity (Wildman–Crippen MR) is 182 cm³/mol. The fourth-order valence-electron chi connectivity index (χ4n) is 4.36. The lowest BCUT2D eigenvalue weighted by Crippen LogP contribution is -2.34. The summed E-state index contributed by atoms with van der Waals surface area (Å²) in [7, 11) is 0. The molecule has 2 amide bonds. The van der Waals surface area contributed by atoms with E-state index in [0.717, 1.165) is 29.3 Å². The second-order valence-corrected chi connectivity index (χ2v) is 11.1. The lowest BCUT2D eigenvalue weighted by molar-refractivity contribution is -0.252. The van der Waals surface area contributed by atoms with Crippen molar-refractivity contribution in [2.45, 2.75) is 26.4 Å². The minimum Gasteiger partial charge on any atom is -0.484 e. The maximum absolute atomic E-state index is 13.8. The van der Waals surface area contributed by atoms with Gasteiger partial charge in [0.15, 0.2) is 13.2 Å². The van der Waals surface area contributed by atoms with E-state index >= 15 is 0 Å². The SMILES string of the molecule is Cc1ccc(Oc2ccc(OCC(=O)Nc3ccc(OC(F)(F)C(F)F)c(NC(=O)COc4ccc(Oc5ccc(C)cc5)cc4)c3)cc2)cc1. The summed E-state index contributed by atoms with van der Waals surface area (Å²) in [5.74, 6) is 0.760. The number of benzene rings is 5. The summed E-state index contributed by atoms with van der Waals surface area (Å²) in [5.41, 5.74) is 1.78. The van der Waals surface area contributed by atoms with Crippen LogP contribution in [0, 0.1) is 13.8 Å². The fraction of sp³-hybridized carbons (Fsp3) is 0.158. The highest BCUT2D eigenvalue weighted by Crippen LogP contribution is 2.35. The minimum absolute atomic E-state index is 0.0264. The van der Waals surface area contributed by atoms with Crippen LogP contribution in [0.25, 0.3) is 0 Å². The van der Waals surface area contributed by atoms with Crippen molar-refractivity contribution in [3.05, 3.63) is 126 Å². The van der Waals surface area contributed by atoms with Gasteiger partial charge < -0.3 is 34.3 Å². The van der Waals surface area contributed by atoms with E-state index in [9.17, 15) is 27.2 Å². The molecule has 0 spiro atoms. The Hall–Kier alpha value is -6.24. The van der Waals surface area contributed by atoms with Gasteiger partial charge >= 0.3 is 12.5 Å². The molecule has 13 heteroatoms. The molecule has 5 aromatic rings. The highest BCUT2D eigenvalue weighted by molar-refractivity contribution is 5.96. The van der Waals surface area contributed by atoms with Crippen LogP contribution in [0.15, 0.2) is 115 Å². The Morgan fingerprint density at radius 2 is 0.980 bits per heavy atom. The Labute approximate surface area is 290 Å². The molecule has 0 aliphatic carbocycles. The molecule has 0 saturated carbocycles. The van der Waals surface area contributed by atoms with Crippen LogP contribution in [0.3, 0.4) is 0 Å².